The maximum Gasteiger partial charge on any atom is 0.322 e. The van der Waals surface area contributed by atoms with Crippen LogP contribution in [0.15, 0.2) is 0 Å². The molecule has 0 aromatic heterocycles. The van der Waals surface area contributed by atoms with E-state index in [9.17, 15) is 14.4 Å². The Morgan fingerprint density at radius 2 is 1.89 bits per heavy atom. The molecular formula is C12H21N3O4. The second kappa shape index (κ2) is 8.47. The van der Waals surface area contributed by atoms with Crippen molar-refractivity contribution in [2.75, 3.05) is 26.2 Å². The van der Waals surface area contributed by atoms with Crippen molar-refractivity contribution in [3.8, 4) is 0 Å². The largest absolute Gasteiger partial charge is 0.480 e. The predicted molar refractivity (Wildman–Crippen MR) is 68.5 cm³/mol. The third-order valence-electron chi connectivity index (χ3n) is 3.06. The highest BCUT2D eigenvalue weighted by molar-refractivity contribution is 5.86. The van der Waals surface area contributed by atoms with Gasteiger partial charge in [0, 0.05) is 6.42 Å². The van der Waals surface area contributed by atoms with Crippen molar-refractivity contribution < 1.29 is 19.5 Å². The van der Waals surface area contributed by atoms with Gasteiger partial charge in [0.25, 0.3) is 0 Å². The smallest absolute Gasteiger partial charge is 0.322 e. The molecule has 19 heavy (non-hydrogen) atoms. The van der Waals surface area contributed by atoms with Crippen molar-refractivity contribution in [3.63, 3.8) is 0 Å². The molecular weight excluding hydrogens is 250 g/mol. The van der Waals surface area contributed by atoms with Gasteiger partial charge in [-0.05, 0) is 38.3 Å². The Morgan fingerprint density at radius 1 is 1.16 bits per heavy atom. The first kappa shape index (κ1) is 15.4. The lowest BCUT2D eigenvalue weighted by Gasteiger charge is -2.22. The van der Waals surface area contributed by atoms with Crippen LogP contribution in [0.5, 0.6) is 0 Å². The Morgan fingerprint density at radius 3 is 2.53 bits per heavy atom. The van der Waals surface area contributed by atoms with E-state index in [1.54, 1.807) is 0 Å². The molecule has 0 bridgehead atoms. The highest BCUT2D eigenvalue weighted by Crippen LogP contribution is 2.15. The zero-order valence-corrected chi connectivity index (χ0v) is 10.9. The number of carbonyl (C=O) groups excluding carboxylic acids is 2. The molecule has 1 aliphatic heterocycles. The van der Waals surface area contributed by atoms with E-state index in [1.807, 2.05) is 0 Å². The van der Waals surface area contributed by atoms with E-state index in [4.69, 9.17) is 5.11 Å². The fraction of sp³-hybridized carbons (Fsp3) is 0.750. The summed E-state index contributed by atoms with van der Waals surface area (Å²) >= 11 is 0. The summed E-state index contributed by atoms with van der Waals surface area (Å²) in [6.07, 6.45) is 3.50. The van der Waals surface area contributed by atoms with Crippen LogP contribution < -0.4 is 16.0 Å². The van der Waals surface area contributed by atoms with Gasteiger partial charge in [0.15, 0.2) is 0 Å². The minimum absolute atomic E-state index is 0.170. The lowest BCUT2D eigenvalue weighted by atomic mass is 9.94. The minimum Gasteiger partial charge on any atom is -0.480 e. The van der Waals surface area contributed by atoms with Crippen molar-refractivity contribution in [2.45, 2.75) is 25.7 Å². The molecule has 1 aliphatic rings. The van der Waals surface area contributed by atoms with Crippen LogP contribution in [0.3, 0.4) is 0 Å². The summed E-state index contributed by atoms with van der Waals surface area (Å²) in [4.78, 5) is 32.9. The first-order valence-corrected chi connectivity index (χ1v) is 6.54. The Kier molecular flexibility index (Phi) is 6.88. The van der Waals surface area contributed by atoms with E-state index in [0.29, 0.717) is 12.3 Å². The van der Waals surface area contributed by atoms with E-state index in [2.05, 4.69) is 16.0 Å². The molecule has 0 radical (unpaired) electrons. The van der Waals surface area contributed by atoms with Crippen LogP contribution in [0.1, 0.15) is 25.7 Å². The van der Waals surface area contributed by atoms with Gasteiger partial charge in [0.05, 0.1) is 6.54 Å². The van der Waals surface area contributed by atoms with Crippen LogP contribution in [0, 0.1) is 5.92 Å². The summed E-state index contributed by atoms with van der Waals surface area (Å²) in [7, 11) is 0. The van der Waals surface area contributed by atoms with Crippen LogP contribution in [0.25, 0.3) is 0 Å². The number of carboxylic acid groups (broad SMARTS) is 1. The van der Waals surface area contributed by atoms with Gasteiger partial charge in [0.2, 0.25) is 11.8 Å². The molecule has 0 aromatic rings. The molecule has 2 amide bonds. The number of rotatable bonds is 7. The third-order valence-corrected chi connectivity index (χ3v) is 3.06. The SMILES string of the molecule is O=C(O)CNC(=O)CNC(=O)CCC1CCCNC1. The Labute approximate surface area is 112 Å². The lowest BCUT2D eigenvalue weighted by molar-refractivity contribution is -0.137. The highest BCUT2D eigenvalue weighted by atomic mass is 16.4. The van der Waals surface area contributed by atoms with E-state index >= 15 is 0 Å². The topological polar surface area (TPSA) is 108 Å². The van der Waals surface area contributed by atoms with Crippen LogP contribution in [-0.4, -0.2) is 49.1 Å². The highest BCUT2D eigenvalue weighted by Gasteiger charge is 2.14. The van der Waals surface area contributed by atoms with Gasteiger partial charge in [-0.1, -0.05) is 0 Å². The molecule has 1 unspecified atom stereocenters. The van der Waals surface area contributed by atoms with Gasteiger partial charge < -0.3 is 21.1 Å². The fourth-order valence-electron chi connectivity index (χ4n) is 2.01. The van der Waals surface area contributed by atoms with Gasteiger partial charge in [-0.2, -0.15) is 0 Å². The summed E-state index contributed by atoms with van der Waals surface area (Å²) in [5.41, 5.74) is 0. The number of nitrogens with one attached hydrogen (secondary N) is 3. The first-order valence-electron chi connectivity index (χ1n) is 6.54. The summed E-state index contributed by atoms with van der Waals surface area (Å²) in [5, 5.41) is 16.3. The molecule has 1 heterocycles. The standard InChI is InChI=1S/C12H21N3O4/c16-10(4-3-9-2-1-5-13-6-9)14-7-11(17)15-8-12(18)19/h9,13H,1-8H2,(H,14,16)(H,15,17)(H,18,19). The molecule has 7 nitrogen and oxygen atoms in total. The predicted octanol–water partition coefficient (Wildman–Crippen LogP) is -0.917. The van der Waals surface area contributed by atoms with Gasteiger partial charge in [0.1, 0.15) is 6.54 Å². The second-order valence-corrected chi connectivity index (χ2v) is 4.70. The molecule has 0 aromatic carbocycles. The zero-order chi connectivity index (χ0) is 14.1. The fourth-order valence-corrected chi connectivity index (χ4v) is 2.01. The second-order valence-electron chi connectivity index (χ2n) is 4.70. The van der Waals surface area contributed by atoms with Crippen molar-refractivity contribution in [1.29, 1.82) is 0 Å². The van der Waals surface area contributed by atoms with Gasteiger partial charge in [-0.15, -0.1) is 0 Å². The maximum absolute atomic E-state index is 11.5. The zero-order valence-electron chi connectivity index (χ0n) is 10.9. The molecule has 0 spiro atoms. The molecule has 0 saturated carbocycles. The van der Waals surface area contributed by atoms with Gasteiger partial charge in [-0.3, -0.25) is 14.4 Å². The molecule has 108 valence electrons. The molecule has 1 rings (SSSR count). The summed E-state index contributed by atoms with van der Waals surface area (Å²) in [6.45, 7) is 1.40. The van der Waals surface area contributed by atoms with Crippen LogP contribution >= 0.6 is 0 Å². The van der Waals surface area contributed by atoms with Gasteiger partial charge in [-0.25, -0.2) is 0 Å². The number of hydrogen-bond acceptors (Lipinski definition) is 4. The van der Waals surface area contributed by atoms with E-state index in [-0.39, 0.29) is 12.5 Å². The third kappa shape index (κ3) is 7.40. The maximum atomic E-state index is 11.5. The van der Waals surface area contributed by atoms with Crippen LogP contribution in [0.2, 0.25) is 0 Å². The lowest BCUT2D eigenvalue weighted by Crippen LogP contribution is -2.39. The number of piperidine rings is 1. The van der Waals surface area contributed by atoms with E-state index < -0.39 is 18.4 Å². The Hall–Kier alpha value is -1.63. The molecule has 1 atom stereocenters. The average Bonchev–Trinajstić information content (AvgIpc) is 2.41. The Bertz CT molecular complexity index is 327. The number of amides is 2. The van der Waals surface area contributed by atoms with Gasteiger partial charge >= 0.3 is 5.97 Å². The van der Waals surface area contributed by atoms with Crippen LogP contribution in [0.4, 0.5) is 0 Å². The molecule has 7 heteroatoms. The number of aliphatic carboxylic acids is 1. The van der Waals surface area contributed by atoms with Crippen molar-refractivity contribution in [2.24, 2.45) is 5.92 Å². The van der Waals surface area contributed by atoms with Crippen LogP contribution in [-0.2, 0) is 14.4 Å². The first-order chi connectivity index (χ1) is 9.08. The average molecular weight is 271 g/mol. The quantitative estimate of drug-likeness (QED) is 0.479. The van der Waals surface area contributed by atoms with E-state index in [1.165, 1.54) is 0 Å². The number of carbonyl (C=O) groups is 3. The summed E-state index contributed by atoms with van der Waals surface area (Å²) < 4.78 is 0. The molecule has 1 saturated heterocycles. The Balaban J connectivity index is 2.06. The number of carboxylic acids is 1. The summed E-state index contributed by atoms with van der Waals surface area (Å²) in [5.74, 6) is -1.24. The van der Waals surface area contributed by atoms with Crippen molar-refractivity contribution in [1.82, 2.24) is 16.0 Å². The molecule has 4 N–H and O–H groups in total. The minimum atomic E-state index is -1.11. The van der Waals surface area contributed by atoms with Crippen molar-refractivity contribution >= 4 is 17.8 Å². The number of hydrogen-bond donors (Lipinski definition) is 4. The monoisotopic (exact) mass is 271 g/mol. The molecule has 0 aliphatic carbocycles. The van der Waals surface area contributed by atoms with E-state index in [0.717, 1.165) is 32.4 Å². The normalized spacial score (nSPS) is 18.6. The summed E-state index contributed by atoms with van der Waals surface area (Å²) in [6, 6.07) is 0. The molecule has 1 fully saturated rings. The van der Waals surface area contributed by atoms with Crippen molar-refractivity contribution in [3.05, 3.63) is 0 Å².